The van der Waals surface area contributed by atoms with E-state index in [-0.39, 0.29) is 29.2 Å². The molecule has 0 radical (unpaired) electrons. The number of alkyl halides is 2. The van der Waals surface area contributed by atoms with Crippen molar-refractivity contribution in [2.75, 3.05) is 14.2 Å². The van der Waals surface area contributed by atoms with Crippen molar-refractivity contribution in [1.82, 2.24) is 0 Å². The van der Waals surface area contributed by atoms with Crippen molar-refractivity contribution in [1.29, 1.82) is 0 Å². The molecule has 164 valence electrons. The number of methoxy groups -OCH3 is 2. The van der Waals surface area contributed by atoms with Gasteiger partial charge in [0.15, 0.2) is 28.7 Å². The molecule has 0 unspecified atom stereocenters. The van der Waals surface area contributed by atoms with Crippen molar-refractivity contribution in [3.8, 4) is 23.0 Å². The van der Waals surface area contributed by atoms with Crippen LogP contribution in [-0.4, -0.2) is 38.8 Å². The molecule has 0 saturated heterocycles. The number of nitrogens with zero attached hydrogens (tertiary/aromatic N) is 1. The summed E-state index contributed by atoms with van der Waals surface area (Å²) in [6.45, 7) is 0.813. The van der Waals surface area contributed by atoms with Gasteiger partial charge in [0.1, 0.15) is 0 Å². The molecule has 1 aliphatic heterocycles. The van der Waals surface area contributed by atoms with E-state index in [2.05, 4.69) is 9.73 Å². The third kappa shape index (κ3) is 5.30. The molecule has 0 bridgehead atoms. The number of benzene rings is 2. The molecule has 1 heterocycles. The lowest BCUT2D eigenvalue weighted by molar-refractivity contribution is -0.129. The maximum atomic E-state index is 12.5. The fourth-order valence-corrected chi connectivity index (χ4v) is 2.81. The predicted octanol–water partition coefficient (Wildman–Crippen LogP) is 4.44. The van der Waals surface area contributed by atoms with Crippen LogP contribution < -0.4 is 18.9 Å². The van der Waals surface area contributed by atoms with E-state index in [1.807, 2.05) is 13.8 Å². The number of aliphatic imine (C=N–C) groups is 1. The molecule has 0 fully saturated rings. The summed E-state index contributed by atoms with van der Waals surface area (Å²) in [5, 5.41) is 0. The highest BCUT2D eigenvalue weighted by atomic mass is 19.3. The SMILES string of the molecule is COc1cc(/C=C2\N=C(c3ccc(OC(F)F)c(OC)c3)OC2=O)ccc1OC(C)C. The van der Waals surface area contributed by atoms with Gasteiger partial charge in [-0.3, -0.25) is 0 Å². The Morgan fingerprint density at radius 3 is 2.23 bits per heavy atom. The Morgan fingerprint density at radius 1 is 0.935 bits per heavy atom. The second-order valence-electron chi connectivity index (χ2n) is 6.66. The zero-order chi connectivity index (χ0) is 22.5. The van der Waals surface area contributed by atoms with E-state index < -0.39 is 12.6 Å². The molecule has 2 aromatic carbocycles. The summed E-state index contributed by atoms with van der Waals surface area (Å²) >= 11 is 0. The fourth-order valence-electron chi connectivity index (χ4n) is 2.81. The van der Waals surface area contributed by atoms with Crippen LogP contribution in [0.3, 0.4) is 0 Å². The van der Waals surface area contributed by atoms with Crippen LogP contribution in [0.2, 0.25) is 0 Å². The lowest BCUT2D eigenvalue weighted by Crippen LogP contribution is -2.07. The van der Waals surface area contributed by atoms with Gasteiger partial charge >= 0.3 is 12.6 Å². The molecule has 1 aliphatic rings. The summed E-state index contributed by atoms with van der Waals surface area (Å²) < 4.78 is 50.7. The number of esters is 1. The van der Waals surface area contributed by atoms with Gasteiger partial charge in [-0.05, 0) is 55.8 Å². The average molecular weight is 433 g/mol. The Hall–Kier alpha value is -3.62. The van der Waals surface area contributed by atoms with Gasteiger partial charge in [-0.2, -0.15) is 8.78 Å². The van der Waals surface area contributed by atoms with Crippen LogP contribution in [0.5, 0.6) is 23.0 Å². The lowest BCUT2D eigenvalue weighted by Gasteiger charge is -2.13. The van der Waals surface area contributed by atoms with Crippen molar-refractivity contribution in [2.45, 2.75) is 26.6 Å². The number of hydrogen-bond acceptors (Lipinski definition) is 7. The Balaban J connectivity index is 1.89. The third-order valence-electron chi connectivity index (χ3n) is 4.10. The summed E-state index contributed by atoms with van der Waals surface area (Å²) in [7, 11) is 2.83. The molecule has 0 amide bonds. The van der Waals surface area contributed by atoms with E-state index in [1.54, 1.807) is 24.3 Å². The van der Waals surface area contributed by atoms with Crippen LogP contribution in [-0.2, 0) is 9.53 Å². The van der Waals surface area contributed by atoms with E-state index in [1.165, 1.54) is 32.4 Å². The molecule has 3 rings (SSSR count). The second kappa shape index (κ2) is 9.46. The van der Waals surface area contributed by atoms with Crippen LogP contribution in [0.4, 0.5) is 8.78 Å². The number of carbonyl (C=O) groups excluding carboxylic acids is 1. The number of carbonyl (C=O) groups is 1. The number of hydrogen-bond donors (Lipinski definition) is 0. The van der Waals surface area contributed by atoms with Crippen LogP contribution in [0.1, 0.15) is 25.0 Å². The van der Waals surface area contributed by atoms with E-state index >= 15 is 0 Å². The highest BCUT2D eigenvalue weighted by Crippen LogP contribution is 2.32. The van der Waals surface area contributed by atoms with Crippen molar-refractivity contribution in [3.05, 3.63) is 53.2 Å². The molecule has 0 atom stereocenters. The largest absolute Gasteiger partial charge is 0.493 e. The lowest BCUT2D eigenvalue weighted by atomic mass is 10.1. The first-order valence-electron chi connectivity index (χ1n) is 9.31. The molecule has 0 N–H and O–H groups in total. The fraction of sp³-hybridized carbons (Fsp3) is 0.273. The highest BCUT2D eigenvalue weighted by Gasteiger charge is 2.25. The van der Waals surface area contributed by atoms with E-state index in [0.717, 1.165) is 0 Å². The molecule has 0 aromatic heterocycles. The van der Waals surface area contributed by atoms with Gasteiger partial charge in [0, 0.05) is 5.56 Å². The van der Waals surface area contributed by atoms with Crippen molar-refractivity contribution >= 4 is 17.9 Å². The summed E-state index contributed by atoms with van der Waals surface area (Å²) in [4.78, 5) is 16.5. The first kappa shape index (κ1) is 22.1. The highest BCUT2D eigenvalue weighted by molar-refractivity contribution is 6.13. The standard InChI is InChI=1S/C22H21F2NO6/c1-12(2)29-16-7-5-13(10-18(16)27-3)9-15-21(26)31-20(25-15)14-6-8-17(30-22(23)24)19(11-14)28-4/h5-12,22H,1-4H3/b15-9-. The van der Waals surface area contributed by atoms with Crippen molar-refractivity contribution in [3.63, 3.8) is 0 Å². The smallest absolute Gasteiger partial charge is 0.387 e. The average Bonchev–Trinajstić information content (AvgIpc) is 3.08. The van der Waals surface area contributed by atoms with Gasteiger partial charge < -0.3 is 23.7 Å². The molecule has 0 saturated carbocycles. The van der Waals surface area contributed by atoms with Crippen LogP contribution in [0, 0.1) is 0 Å². The van der Waals surface area contributed by atoms with Crippen molar-refractivity contribution < 1.29 is 37.3 Å². The van der Waals surface area contributed by atoms with Gasteiger partial charge in [-0.1, -0.05) is 6.07 Å². The Labute approximate surface area is 177 Å². The maximum absolute atomic E-state index is 12.5. The van der Waals surface area contributed by atoms with E-state index in [9.17, 15) is 13.6 Å². The van der Waals surface area contributed by atoms with E-state index in [0.29, 0.717) is 22.6 Å². The van der Waals surface area contributed by atoms with Gasteiger partial charge in [0.2, 0.25) is 5.90 Å². The Morgan fingerprint density at radius 2 is 1.58 bits per heavy atom. The molecule has 7 nitrogen and oxygen atoms in total. The topological polar surface area (TPSA) is 75.6 Å². The quantitative estimate of drug-likeness (QED) is 0.453. The summed E-state index contributed by atoms with van der Waals surface area (Å²) in [6.07, 6.45) is 1.52. The zero-order valence-corrected chi connectivity index (χ0v) is 17.3. The number of rotatable bonds is 8. The predicted molar refractivity (Wildman–Crippen MR) is 109 cm³/mol. The first-order chi connectivity index (χ1) is 14.8. The number of cyclic esters (lactones) is 1. The molecule has 0 spiro atoms. The van der Waals surface area contributed by atoms with Crippen LogP contribution in [0.25, 0.3) is 6.08 Å². The minimum Gasteiger partial charge on any atom is -0.493 e. The molecule has 9 heteroatoms. The molecular weight excluding hydrogens is 412 g/mol. The minimum atomic E-state index is -3.00. The van der Waals surface area contributed by atoms with E-state index in [4.69, 9.17) is 18.9 Å². The van der Waals surface area contributed by atoms with Gasteiger partial charge in [0.05, 0.1) is 20.3 Å². The van der Waals surface area contributed by atoms with Gasteiger partial charge in [0.25, 0.3) is 0 Å². The summed E-state index contributed by atoms with van der Waals surface area (Å²) in [5.41, 5.74) is 1.10. The van der Waals surface area contributed by atoms with Gasteiger partial charge in [-0.25, -0.2) is 9.79 Å². The Bertz CT molecular complexity index is 1030. The molecule has 31 heavy (non-hydrogen) atoms. The number of halogens is 2. The molecule has 2 aromatic rings. The molecular formula is C22H21F2NO6. The monoisotopic (exact) mass is 433 g/mol. The Kier molecular flexibility index (Phi) is 6.74. The maximum Gasteiger partial charge on any atom is 0.387 e. The summed E-state index contributed by atoms with van der Waals surface area (Å²) in [5.74, 6) is 0.374. The second-order valence-corrected chi connectivity index (χ2v) is 6.66. The summed E-state index contributed by atoms with van der Waals surface area (Å²) in [6, 6.07) is 9.34. The third-order valence-corrected chi connectivity index (χ3v) is 4.10. The number of ether oxygens (including phenoxy) is 5. The van der Waals surface area contributed by atoms with Crippen molar-refractivity contribution in [2.24, 2.45) is 4.99 Å². The van der Waals surface area contributed by atoms with Crippen LogP contribution in [0.15, 0.2) is 47.1 Å². The van der Waals surface area contributed by atoms with Crippen LogP contribution >= 0.6 is 0 Å². The first-order valence-corrected chi connectivity index (χ1v) is 9.31. The zero-order valence-electron chi connectivity index (χ0n) is 17.3. The minimum absolute atomic E-state index is 0.0184. The molecule has 0 aliphatic carbocycles. The van der Waals surface area contributed by atoms with Gasteiger partial charge in [-0.15, -0.1) is 0 Å². The normalized spacial score (nSPS) is 14.6.